The number of nitro groups is 1. The molecule has 0 saturated carbocycles. The molecular formula is C13H10F3N5O3. The van der Waals surface area contributed by atoms with Crippen molar-refractivity contribution in [3.8, 4) is 0 Å². The molecule has 0 saturated heterocycles. The number of hydrogen-bond acceptors (Lipinski definition) is 5. The monoisotopic (exact) mass is 341 g/mol. The van der Waals surface area contributed by atoms with E-state index in [4.69, 9.17) is 0 Å². The van der Waals surface area contributed by atoms with E-state index in [-0.39, 0.29) is 17.2 Å². The van der Waals surface area contributed by atoms with Gasteiger partial charge in [0.2, 0.25) is 5.82 Å². The molecule has 8 nitrogen and oxygen atoms in total. The number of carbonyl (C=O) groups is 1. The van der Waals surface area contributed by atoms with Crippen LogP contribution in [0.5, 0.6) is 0 Å². The first-order chi connectivity index (χ1) is 11.3. The van der Waals surface area contributed by atoms with E-state index < -0.39 is 22.7 Å². The van der Waals surface area contributed by atoms with Gasteiger partial charge in [-0.05, 0) is 24.3 Å². The molecule has 0 fully saturated rings. The Kier molecular flexibility index (Phi) is 4.82. The molecule has 1 aromatic heterocycles. The van der Waals surface area contributed by atoms with E-state index in [2.05, 4.69) is 21.2 Å². The highest BCUT2D eigenvalue weighted by molar-refractivity contribution is 5.90. The van der Waals surface area contributed by atoms with Gasteiger partial charge in [0.1, 0.15) is 0 Å². The number of anilines is 2. The van der Waals surface area contributed by atoms with Crippen LogP contribution < -0.4 is 16.2 Å². The number of halogens is 3. The van der Waals surface area contributed by atoms with Crippen molar-refractivity contribution < 1.29 is 22.9 Å². The summed E-state index contributed by atoms with van der Waals surface area (Å²) in [7, 11) is 0. The highest BCUT2D eigenvalue weighted by Crippen LogP contribution is 2.30. The fourth-order valence-corrected chi connectivity index (χ4v) is 1.69. The van der Waals surface area contributed by atoms with Crippen LogP contribution >= 0.6 is 0 Å². The summed E-state index contributed by atoms with van der Waals surface area (Å²) in [6.07, 6.45) is -3.28. The number of benzene rings is 1. The summed E-state index contributed by atoms with van der Waals surface area (Å²) in [5.74, 6) is -0.221. The van der Waals surface area contributed by atoms with Gasteiger partial charge >= 0.3 is 17.9 Å². The maximum Gasteiger partial charge on any atom is 0.416 e. The van der Waals surface area contributed by atoms with Gasteiger partial charge in [-0.15, -0.1) is 0 Å². The lowest BCUT2D eigenvalue weighted by Crippen LogP contribution is -2.34. The number of urea groups is 1. The van der Waals surface area contributed by atoms with Gasteiger partial charge in [0.15, 0.2) is 0 Å². The van der Waals surface area contributed by atoms with Crippen LogP contribution in [0.25, 0.3) is 0 Å². The second kappa shape index (κ2) is 6.81. The Morgan fingerprint density at radius 3 is 2.62 bits per heavy atom. The first-order valence-electron chi connectivity index (χ1n) is 6.37. The molecule has 0 aliphatic carbocycles. The third-order valence-corrected chi connectivity index (χ3v) is 2.73. The molecule has 1 heterocycles. The zero-order valence-electron chi connectivity index (χ0n) is 11.8. The van der Waals surface area contributed by atoms with Crippen LogP contribution in [0.2, 0.25) is 0 Å². The van der Waals surface area contributed by atoms with E-state index in [1.165, 1.54) is 24.4 Å². The summed E-state index contributed by atoms with van der Waals surface area (Å²) < 4.78 is 37.7. The quantitative estimate of drug-likeness (QED) is 0.584. The fourth-order valence-electron chi connectivity index (χ4n) is 1.69. The first kappa shape index (κ1) is 17.0. The highest BCUT2D eigenvalue weighted by atomic mass is 19.4. The Hall–Kier alpha value is -3.37. The van der Waals surface area contributed by atoms with Crippen LogP contribution in [0.3, 0.4) is 0 Å². The number of hydrogen-bond donors (Lipinski definition) is 3. The van der Waals surface area contributed by atoms with Crippen molar-refractivity contribution in [3.05, 3.63) is 58.3 Å². The fraction of sp³-hybridized carbons (Fsp3) is 0.0769. The van der Waals surface area contributed by atoms with Gasteiger partial charge in [0.25, 0.3) is 0 Å². The number of nitrogens with one attached hydrogen (secondary N) is 3. The topological polar surface area (TPSA) is 109 Å². The van der Waals surface area contributed by atoms with Gasteiger partial charge in [-0.1, -0.05) is 6.07 Å². The summed E-state index contributed by atoms with van der Waals surface area (Å²) in [5.41, 5.74) is 2.88. The van der Waals surface area contributed by atoms with Crippen molar-refractivity contribution in [3.63, 3.8) is 0 Å². The minimum atomic E-state index is -4.54. The number of pyridine rings is 1. The lowest BCUT2D eigenvalue weighted by atomic mass is 10.2. The second-order valence-electron chi connectivity index (χ2n) is 4.41. The first-order valence-corrected chi connectivity index (χ1v) is 6.37. The zero-order valence-corrected chi connectivity index (χ0v) is 11.8. The van der Waals surface area contributed by atoms with Crippen molar-refractivity contribution in [1.29, 1.82) is 0 Å². The van der Waals surface area contributed by atoms with Gasteiger partial charge in [-0.3, -0.25) is 15.5 Å². The minimum Gasteiger partial charge on any atom is -0.307 e. The maximum atomic E-state index is 12.6. The summed E-state index contributed by atoms with van der Waals surface area (Å²) in [4.78, 5) is 25.4. The SMILES string of the molecule is O=C(NNc1ncccc1[N+](=O)[O-])Nc1cccc(C(F)(F)F)c1. The molecule has 0 unspecified atom stereocenters. The molecule has 0 spiro atoms. The molecule has 3 N–H and O–H groups in total. The molecule has 11 heteroatoms. The Bertz CT molecular complexity index is 767. The van der Waals surface area contributed by atoms with Crippen molar-refractivity contribution in [2.75, 3.05) is 10.7 Å². The van der Waals surface area contributed by atoms with Gasteiger partial charge < -0.3 is 5.32 Å². The van der Waals surface area contributed by atoms with Crippen LogP contribution in [-0.4, -0.2) is 15.9 Å². The van der Waals surface area contributed by atoms with Gasteiger partial charge in [0.05, 0.1) is 10.5 Å². The zero-order chi connectivity index (χ0) is 17.7. The molecule has 0 aliphatic heterocycles. The predicted octanol–water partition coefficient (Wildman–Crippen LogP) is 3.16. The largest absolute Gasteiger partial charge is 0.416 e. The van der Waals surface area contributed by atoms with E-state index in [9.17, 15) is 28.1 Å². The molecule has 0 radical (unpaired) electrons. The van der Waals surface area contributed by atoms with Crippen molar-refractivity contribution in [2.45, 2.75) is 6.18 Å². The van der Waals surface area contributed by atoms with Gasteiger partial charge in [0, 0.05) is 18.0 Å². The van der Waals surface area contributed by atoms with Crippen LogP contribution in [0.1, 0.15) is 5.56 Å². The van der Waals surface area contributed by atoms with Gasteiger partial charge in [-0.2, -0.15) is 13.2 Å². The molecule has 2 aromatic rings. The Balaban J connectivity index is 2.01. The molecule has 0 bridgehead atoms. The molecule has 0 aliphatic rings. The van der Waals surface area contributed by atoms with Crippen LogP contribution in [0, 0.1) is 10.1 Å². The number of hydrazine groups is 1. The van der Waals surface area contributed by atoms with Crippen LogP contribution in [0.15, 0.2) is 42.6 Å². The van der Waals surface area contributed by atoms with Crippen molar-refractivity contribution >= 4 is 23.2 Å². The number of aromatic nitrogens is 1. The normalized spacial score (nSPS) is 10.8. The summed E-state index contributed by atoms with van der Waals surface area (Å²) in [6, 6.07) is 5.59. The van der Waals surface area contributed by atoms with Crippen LogP contribution in [0.4, 0.5) is 35.2 Å². The van der Waals surface area contributed by atoms with E-state index in [0.29, 0.717) is 0 Å². The molecule has 126 valence electrons. The van der Waals surface area contributed by atoms with Crippen LogP contribution in [-0.2, 0) is 6.18 Å². The second-order valence-corrected chi connectivity index (χ2v) is 4.41. The highest BCUT2D eigenvalue weighted by Gasteiger charge is 2.30. The molecule has 24 heavy (non-hydrogen) atoms. The molecule has 0 atom stereocenters. The number of alkyl halides is 3. The Morgan fingerprint density at radius 2 is 1.96 bits per heavy atom. The van der Waals surface area contributed by atoms with E-state index in [1.54, 1.807) is 0 Å². The van der Waals surface area contributed by atoms with E-state index >= 15 is 0 Å². The van der Waals surface area contributed by atoms with Gasteiger partial charge in [-0.25, -0.2) is 15.2 Å². The Labute approximate surface area is 132 Å². The molecule has 2 amide bonds. The number of carbonyl (C=O) groups excluding carboxylic acids is 1. The lowest BCUT2D eigenvalue weighted by Gasteiger charge is -2.11. The van der Waals surface area contributed by atoms with E-state index in [1.807, 2.05) is 0 Å². The predicted molar refractivity (Wildman–Crippen MR) is 78.1 cm³/mol. The number of nitrogens with zero attached hydrogens (tertiary/aromatic N) is 2. The summed E-state index contributed by atoms with van der Waals surface area (Å²) >= 11 is 0. The van der Waals surface area contributed by atoms with Crippen molar-refractivity contribution in [2.24, 2.45) is 0 Å². The average Bonchev–Trinajstić information content (AvgIpc) is 2.52. The maximum absolute atomic E-state index is 12.6. The summed E-state index contributed by atoms with van der Waals surface area (Å²) in [6.45, 7) is 0. The average molecular weight is 341 g/mol. The lowest BCUT2D eigenvalue weighted by molar-refractivity contribution is -0.384. The molecule has 1 aromatic carbocycles. The molecular weight excluding hydrogens is 331 g/mol. The van der Waals surface area contributed by atoms with E-state index in [0.717, 1.165) is 18.2 Å². The minimum absolute atomic E-state index is 0.0976. The Morgan fingerprint density at radius 1 is 1.21 bits per heavy atom. The molecule has 2 rings (SSSR count). The third kappa shape index (κ3) is 4.32. The summed E-state index contributed by atoms with van der Waals surface area (Å²) in [5, 5.41) is 12.9. The smallest absolute Gasteiger partial charge is 0.307 e. The number of rotatable bonds is 4. The third-order valence-electron chi connectivity index (χ3n) is 2.73. The standard InChI is InChI=1S/C13H10F3N5O3/c14-13(15,16)8-3-1-4-9(7-8)18-12(22)20-19-11-10(21(23)24)5-2-6-17-11/h1-7H,(H,17,19)(H2,18,20,22). The van der Waals surface area contributed by atoms with Crippen molar-refractivity contribution in [1.82, 2.24) is 10.4 Å². The number of amides is 2.